The first-order chi connectivity index (χ1) is 5.66. The Balaban J connectivity index is 2.69. The molecule has 1 atom stereocenters. The molecular weight excluding hydrogens is 154 g/mol. The first-order valence-electron chi connectivity index (χ1n) is 4.10. The number of hydrogen-bond donors (Lipinski definition) is 0. The summed E-state index contributed by atoms with van der Waals surface area (Å²) >= 11 is 0. The van der Waals surface area contributed by atoms with E-state index in [1.54, 1.807) is 4.90 Å². The molecule has 12 heavy (non-hydrogen) atoms. The second-order valence-corrected chi connectivity index (χ2v) is 3.00. The molecular formula is C9H13NO2. The Labute approximate surface area is 72.0 Å². The van der Waals surface area contributed by atoms with Crippen molar-refractivity contribution in [3.8, 4) is 0 Å². The SMILES string of the molecule is C=CC(=O)N1CCC[C@@H]1C(C)=O. The van der Waals surface area contributed by atoms with Gasteiger partial charge in [0.1, 0.15) is 0 Å². The van der Waals surface area contributed by atoms with Crippen molar-refractivity contribution in [1.29, 1.82) is 0 Å². The van der Waals surface area contributed by atoms with Crippen molar-refractivity contribution in [3.63, 3.8) is 0 Å². The van der Waals surface area contributed by atoms with Gasteiger partial charge in [0, 0.05) is 6.54 Å². The molecule has 1 aliphatic heterocycles. The smallest absolute Gasteiger partial charge is 0.246 e. The summed E-state index contributed by atoms with van der Waals surface area (Å²) in [7, 11) is 0. The standard InChI is InChI=1S/C9H13NO2/c1-3-9(12)10-6-4-5-8(10)7(2)11/h3,8H,1,4-6H2,2H3/t8-/m1/s1. The Bertz CT molecular complexity index is 223. The van der Waals surface area contributed by atoms with Gasteiger partial charge in [0.05, 0.1) is 6.04 Å². The fraction of sp³-hybridized carbons (Fsp3) is 0.556. The van der Waals surface area contributed by atoms with Crippen molar-refractivity contribution in [1.82, 2.24) is 4.90 Å². The Hall–Kier alpha value is -1.12. The molecule has 0 saturated carbocycles. The van der Waals surface area contributed by atoms with Gasteiger partial charge in [0.15, 0.2) is 5.78 Å². The van der Waals surface area contributed by atoms with Crippen LogP contribution in [0.3, 0.4) is 0 Å². The summed E-state index contributed by atoms with van der Waals surface area (Å²) in [6.07, 6.45) is 2.99. The highest BCUT2D eigenvalue weighted by Gasteiger charge is 2.30. The van der Waals surface area contributed by atoms with Crippen molar-refractivity contribution in [2.24, 2.45) is 0 Å². The van der Waals surface area contributed by atoms with Crippen LogP contribution in [0, 0.1) is 0 Å². The lowest BCUT2D eigenvalue weighted by molar-refractivity contribution is -0.133. The number of carbonyl (C=O) groups is 2. The second kappa shape index (κ2) is 3.52. The van der Waals surface area contributed by atoms with E-state index in [1.165, 1.54) is 13.0 Å². The summed E-state index contributed by atoms with van der Waals surface area (Å²) in [5.41, 5.74) is 0. The molecule has 0 radical (unpaired) electrons. The molecule has 0 aliphatic carbocycles. The highest BCUT2D eigenvalue weighted by Crippen LogP contribution is 2.17. The van der Waals surface area contributed by atoms with Crippen LogP contribution in [0.4, 0.5) is 0 Å². The third-order valence-corrected chi connectivity index (χ3v) is 2.18. The lowest BCUT2D eigenvalue weighted by Crippen LogP contribution is -2.38. The Kier molecular flexibility index (Phi) is 2.63. The Morgan fingerprint density at radius 2 is 2.25 bits per heavy atom. The topological polar surface area (TPSA) is 37.4 Å². The monoisotopic (exact) mass is 167 g/mol. The van der Waals surface area contributed by atoms with Crippen LogP contribution >= 0.6 is 0 Å². The number of ketones is 1. The highest BCUT2D eigenvalue weighted by molar-refractivity contribution is 5.93. The molecule has 1 fully saturated rings. The third kappa shape index (κ3) is 1.55. The zero-order valence-electron chi connectivity index (χ0n) is 7.25. The number of nitrogens with zero attached hydrogens (tertiary/aromatic N) is 1. The van der Waals surface area contributed by atoms with Gasteiger partial charge in [-0.15, -0.1) is 0 Å². The maximum atomic E-state index is 11.2. The van der Waals surface area contributed by atoms with Gasteiger partial charge in [0.2, 0.25) is 5.91 Å². The van der Waals surface area contributed by atoms with E-state index in [1.807, 2.05) is 0 Å². The van der Waals surface area contributed by atoms with Crippen LogP contribution in [-0.4, -0.2) is 29.2 Å². The van der Waals surface area contributed by atoms with E-state index in [2.05, 4.69) is 6.58 Å². The molecule has 66 valence electrons. The molecule has 0 aromatic carbocycles. The maximum Gasteiger partial charge on any atom is 0.246 e. The zero-order chi connectivity index (χ0) is 9.14. The molecule has 1 heterocycles. The van der Waals surface area contributed by atoms with Crippen LogP contribution in [0.2, 0.25) is 0 Å². The van der Waals surface area contributed by atoms with Crippen molar-refractivity contribution < 1.29 is 9.59 Å². The minimum absolute atomic E-state index is 0.0719. The van der Waals surface area contributed by atoms with Gasteiger partial charge in [-0.3, -0.25) is 9.59 Å². The van der Waals surface area contributed by atoms with E-state index < -0.39 is 0 Å². The summed E-state index contributed by atoms with van der Waals surface area (Å²) in [6, 6.07) is -0.199. The molecule has 1 amide bonds. The lowest BCUT2D eigenvalue weighted by atomic mass is 10.1. The van der Waals surface area contributed by atoms with E-state index in [0.29, 0.717) is 6.54 Å². The summed E-state index contributed by atoms with van der Waals surface area (Å²) in [5.74, 6) is -0.0598. The van der Waals surface area contributed by atoms with Gasteiger partial charge in [-0.05, 0) is 25.8 Å². The number of hydrogen-bond acceptors (Lipinski definition) is 2. The van der Waals surface area contributed by atoms with Crippen LogP contribution in [0.5, 0.6) is 0 Å². The first kappa shape index (κ1) is 8.97. The van der Waals surface area contributed by atoms with Gasteiger partial charge in [-0.25, -0.2) is 0 Å². The maximum absolute atomic E-state index is 11.2. The van der Waals surface area contributed by atoms with E-state index in [4.69, 9.17) is 0 Å². The van der Waals surface area contributed by atoms with Gasteiger partial charge in [-0.1, -0.05) is 6.58 Å². The zero-order valence-corrected chi connectivity index (χ0v) is 7.25. The molecule has 0 unspecified atom stereocenters. The van der Waals surface area contributed by atoms with Crippen LogP contribution < -0.4 is 0 Å². The molecule has 0 N–H and O–H groups in total. The van der Waals surface area contributed by atoms with Crippen LogP contribution in [0.15, 0.2) is 12.7 Å². The molecule has 0 aromatic heterocycles. The first-order valence-corrected chi connectivity index (χ1v) is 4.10. The molecule has 1 saturated heterocycles. The number of rotatable bonds is 2. The van der Waals surface area contributed by atoms with Gasteiger partial charge in [-0.2, -0.15) is 0 Å². The van der Waals surface area contributed by atoms with E-state index in [9.17, 15) is 9.59 Å². The Morgan fingerprint density at radius 3 is 2.75 bits per heavy atom. The number of carbonyl (C=O) groups excluding carboxylic acids is 2. The summed E-state index contributed by atoms with van der Waals surface area (Å²) < 4.78 is 0. The summed E-state index contributed by atoms with van der Waals surface area (Å²) in [4.78, 5) is 23.8. The van der Waals surface area contributed by atoms with Crippen molar-refractivity contribution in [3.05, 3.63) is 12.7 Å². The number of amides is 1. The van der Waals surface area contributed by atoms with Crippen molar-refractivity contribution in [2.75, 3.05) is 6.54 Å². The van der Waals surface area contributed by atoms with E-state index >= 15 is 0 Å². The molecule has 0 spiro atoms. The number of Topliss-reactive ketones (excluding diaryl/α,β-unsaturated/α-hetero) is 1. The molecule has 1 rings (SSSR count). The minimum Gasteiger partial charge on any atom is -0.329 e. The van der Waals surface area contributed by atoms with Gasteiger partial charge < -0.3 is 4.90 Å². The predicted octanol–water partition coefficient (Wildman–Crippen LogP) is 0.752. The van der Waals surface area contributed by atoms with Crippen molar-refractivity contribution in [2.45, 2.75) is 25.8 Å². The fourth-order valence-corrected chi connectivity index (χ4v) is 1.57. The average Bonchev–Trinajstić information content (AvgIpc) is 2.50. The molecule has 3 nitrogen and oxygen atoms in total. The van der Waals surface area contributed by atoms with E-state index in [0.717, 1.165) is 12.8 Å². The normalized spacial score (nSPS) is 22.4. The molecule has 1 aliphatic rings. The lowest BCUT2D eigenvalue weighted by Gasteiger charge is -2.20. The number of likely N-dealkylation sites (tertiary alicyclic amines) is 1. The predicted molar refractivity (Wildman–Crippen MR) is 45.6 cm³/mol. The average molecular weight is 167 g/mol. The van der Waals surface area contributed by atoms with Gasteiger partial charge in [0.25, 0.3) is 0 Å². The van der Waals surface area contributed by atoms with Crippen molar-refractivity contribution >= 4 is 11.7 Å². The van der Waals surface area contributed by atoms with E-state index in [-0.39, 0.29) is 17.7 Å². The van der Waals surface area contributed by atoms with Crippen LogP contribution in [-0.2, 0) is 9.59 Å². The Morgan fingerprint density at radius 1 is 1.58 bits per heavy atom. The molecule has 3 heteroatoms. The fourth-order valence-electron chi connectivity index (χ4n) is 1.57. The second-order valence-electron chi connectivity index (χ2n) is 3.00. The summed E-state index contributed by atoms with van der Waals surface area (Å²) in [5, 5.41) is 0. The molecule has 0 aromatic rings. The quantitative estimate of drug-likeness (QED) is 0.569. The molecule has 0 bridgehead atoms. The minimum atomic E-state index is -0.199. The van der Waals surface area contributed by atoms with Crippen LogP contribution in [0.1, 0.15) is 19.8 Å². The summed E-state index contributed by atoms with van der Waals surface area (Å²) in [6.45, 7) is 5.61. The van der Waals surface area contributed by atoms with Crippen LogP contribution in [0.25, 0.3) is 0 Å². The van der Waals surface area contributed by atoms with Gasteiger partial charge >= 0.3 is 0 Å². The highest BCUT2D eigenvalue weighted by atomic mass is 16.2. The third-order valence-electron chi connectivity index (χ3n) is 2.18. The largest absolute Gasteiger partial charge is 0.329 e.